The van der Waals surface area contributed by atoms with Crippen LogP contribution in [0.1, 0.15) is 36.1 Å². The highest BCUT2D eigenvalue weighted by Crippen LogP contribution is 2.30. The number of hydrogen-bond acceptors (Lipinski definition) is 6. The largest absolute Gasteiger partial charge is 0.462 e. The van der Waals surface area contributed by atoms with E-state index in [4.69, 9.17) is 20.9 Å². The fraction of sp³-hybridized carbons (Fsp3) is 0.364. The van der Waals surface area contributed by atoms with Gasteiger partial charge in [-0.1, -0.05) is 59.7 Å². The summed E-state index contributed by atoms with van der Waals surface area (Å²) in [5, 5.41) is 0. The van der Waals surface area contributed by atoms with E-state index in [2.05, 4.69) is 72.4 Å². The third kappa shape index (κ3) is 4.27. The van der Waals surface area contributed by atoms with Crippen molar-refractivity contribution in [3.8, 4) is 0 Å². The van der Waals surface area contributed by atoms with Gasteiger partial charge in [0.05, 0.1) is 0 Å². The smallest absolute Gasteiger partial charge is 0.283 e. The molecule has 28 heavy (non-hydrogen) atoms. The first kappa shape index (κ1) is 19.7. The molecule has 0 radical (unpaired) electrons. The van der Waals surface area contributed by atoms with Crippen molar-refractivity contribution in [2.75, 3.05) is 13.2 Å². The molecule has 0 aromatic heterocycles. The molecule has 0 saturated heterocycles. The zero-order valence-corrected chi connectivity index (χ0v) is 16.9. The van der Waals surface area contributed by atoms with E-state index >= 15 is 0 Å². The molecular weight excluding hydrogens is 352 g/mol. The van der Waals surface area contributed by atoms with Crippen LogP contribution in [0.4, 0.5) is 0 Å². The normalized spacial score (nSPS) is 25.7. The lowest BCUT2D eigenvalue weighted by Gasteiger charge is -2.18. The van der Waals surface area contributed by atoms with Crippen LogP contribution in [-0.2, 0) is 20.6 Å². The van der Waals surface area contributed by atoms with Crippen molar-refractivity contribution in [2.24, 2.45) is 21.5 Å². The lowest BCUT2D eigenvalue weighted by atomic mass is 9.93. The third-order valence-electron chi connectivity index (χ3n) is 5.06. The Morgan fingerprint density at radius 3 is 1.25 bits per heavy atom. The molecule has 2 heterocycles. The molecule has 148 valence electrons. The molecule has 6 heteroatoms. The first-order chi connectivity index (χ1) is 13.2. The zero-order chi connectivity index (χ0) is 20.4. The van der Waals surface area contributed by atoms with Gasteiger partial charge in [-0.15, -0.1) is 0 Å². The van der Waals surface area contributed by atoms with Gasteiger partial charge in [-0.3, -0.25) is 0 Å². The summed E-state index contributed by atoms with van der Waals surface area (Å²) in [4.78, 5) is 8.59. The number of hydrogen-bond donors (Lipinski definition) is 2. The van der Waals surface area contributed by atoms with E-state index in [1.807, 2.05) is 13.8 Å². The van der Waals surface area contributed by atoms with Crippen molar-refractivity contribution in [1.82, 2.24) is 0 Å². The summed E-state index contributed by atoms with van der Waals surface area (Å²) in [5.74, 6) is 0. The van der Waals surface area contributed by atoms with Crippen LogP contribution in [0.5, 0.6) is 0 Å². The summed E-state index contributed by atoms with van der Waals surface area (Å²) < 4.78 is 10.4. The third-order valence-corrected chi connectivity index (χ3v) is 5.06. The summed E-state index contributed by atoms with van der Waals surface area (Å²) in [7, 11) is 0. The maximum atomic E-state index is 5.51. The van der Waals surface area contributed by atoms with Crippen LogP contribution in [0.25, 0.3) is 0 Å². The van der Waals surface area contributed by atoms with E-state index in [-0.39, 0.29) is 23.1 Å². The van der Waals surface area contributed by atoms with Crippen LogP contribution in [0.3, 0.4) is 0 Å². The van der Waals surface area contributed by atoms with E-state index in [9.17, 15) is 0 Å². The van der Waals surface area contributed by atoms with E-state index in [1.54, 1.807) is 0 Å². The number of aliphatic imine (C=N–C) groups is 2. The van der Waals surface area contributed by atoms with Crippen LogP contribution < -0.4 is 11.5 Å². The highest BCUT2D eigenvalue weighted by molar-refractivity contribution is 5.74. The van der Waals surface area contributed by atoms with Crippen molar-refractivity contribution < 1.29 is 9.47 Å². The molecule has 1 unspecified atom stereocenters. The monoisotopic (exact) mass is 380 g/mol. The standard InChI is InChI=1S/2C11H14N2O/c2*1-8-3-5-9(6-4-8)11(2)7-14-10(12)13-11/h2*3-6H,7H2,1-2H3,(H2,12,13)/t11-;/m1./s1. The molecule has 6 nitrogen and oxygen atoms in total. The predicted molar refractivity (Wildman–Crippen MR) is 112 cm³/mol. The van der Waals surface area contributed by atoms with Crippen molar-refractivity contribution in [2.45, 2.75) is 38.8 Å². The van der Waals surface area contributed by atoms with Gasteiger partial charge < -0.3 is 20.9 Å². The van der Waals surface area contributed by atoms with E-state index in [0.717, 1.165) is 11.1 Å². The second kappa shape index (κ2) is 7.54. The van der Waals surface area contributed by atoms with Gasteiger partial charge in [-0.25, -0.2) is 9.98 Å². The maximum absolute atomic E-state index is 5.51. The van der Waals surface area contributed by atoms with Crippen LogP contribution in [0, 0.1) is 13.8 Å². The molecular formula is C22H28N4O2. The highest BCUT2D eigenvalue weighted by atomic mass is 16.5. The number of ether oxygens (including phenoxy) is 2. The molecule has 0 aliphatic carbocycles. The van der Waals surface area contributed by atoms with Gasteiger partial charge in [-0.2, -0.15) is 0 Å². The molecule has 0 fully saturated rings. The van der Waals surface area contributed by atoms with E-state index in [1.165, 1.54) is 11.1 Å². The van der Waals surface area contributed by atoms with Gasteiger partial charge in [0, 0.05) is 0 Å². The van der Waals surface area contributed by atoms with Gasteiger partial charge in [-0.05, 0) is 38.8 Å². The topological polar surface area (TPSA) is 95.2 Å². The number of amidine groups is 2. The Balaban J connectivity index is 0.000000161. The Hall–Kier alpha value is -3.02. The number of nitrogens with zero attached hydrogens (tertiary/aromatic N) is 2. The first-order valence-corrected chi connectivity index (χ1v) is 9.31. The summed E-state index contributed by atoms with van der Waals surface area (Å²) in [6, 6.07) is 17.1. The van der Waals surface area contributed by atoms with Crippen LogP contribution in [0.15, 0.2) is 58.5 Å². The minimum atomic E-state index is -0.308. The van der Waals surface area contributed by atoms with E-state index in [0.29, 0.717) is 13.2 Å². The van der Waals surface area contributed by atoms with Gasteiger partial charge >= 0.3 is 0 Å². The molecule has 2 atom stereocenters. The SMILES string of the molecule is Cc1ccc(C2(C)COC(N)=N2)cc1.Cc1ccc([C@@]2(C)COC(N)=N2)cc1. The molecule has 2 aliphatic heterocycles. The fourth-order valence-corrected chi connectivity index (χ4v) is 3.17. The minimum Gasteiger partial charge on any atom is -0.462 e. The Morgan fingerprint density at radius 2 is 1.00 bits per heavy atom. The number of benzene rings is 2. The van der Waals surface area contributed by atoms with Crippen molar-refractivity contribution in [3.05, 3.63) is 70.8 Å². The summed E-state index contributed by atoms with van der Waals surface area (Å²) in [5.41, 5.74) is 15.2. The number of aryl methyl sites for hydroxylation is 2. The van der Waals surface area contributed by atoms with Gasteiger partial charge in [0.15, 0.2) is 0 Å². The lowest BCUT2D eigenvalue weighted by Crippen LogP contribution is -2.20. The Morgan fingerprint density at radius 1 is 0.679 bits per heavy atom. The summed E-state index contributed by atoms with van der Waals surface area (Å²) in [6.45, 7) is 9.24. The molecule has 4 rings (SSSR count). The summed E-state index contributed by atoms with van der Waals surface area (Å²) in [6.07, 6.45) is 0. The zero-order valence-electron chi connectivity index (χ0n) is 16.9. The van der Waals surface area contributed by atoms with Crippen molar-refractivity contribution >= 4 is 12.0 Å². The van der Waals surface area contributed by atoms with Crippen molar-refractivity contribution in [1.29, 1.82) is 0 Å². The van der Waals surface area contributed by atoms with Crippen molar-refractivity contribution in [3.63, 3.8) is 0 Å². The number of rotatable bonds is 2. The Labute approximate surface area is 166 Å². The average Bonchev–Trinajstić information content (AvgIpc) is 3.19. The number of nitrogens with two attached hydrogens (primary N) is 2. The minimum absolute atomic E-state index is 0.285. The Kier molecular flexibility index (Phi) is 5.31. The molecule has 0 saturated carbocycles. The molecule has 0 spiro atoms. The quantitative estimate of drug-likeness (QED) is 0.837. The molecule has 2 aromatic rings. The average molecular weight is 380 g/mol. The maximum Gasteiger partial charge on any atom is 0.283 e. The molecule has 4 N–H and O–H groups in total. The molecule has 0 amide bonds. The molecule has 0 bridgehead atoms. The van der Waals surface area contributed by atoms with Gasteiger partial charge in [0.2, 0.25) is 0 Å². The molecule has 2 aliphatic rings. The second-order valence-electron chi connectivity index (χ2n) is 7.76. The predicted octanol–water partition coefficient (Wildman–Crippen LogP) is 3.11. The fourth-order valence-electron chi connectivity index (χ4n) is 3.17. The second-order valence-corrected chi connectivity index (χ2v) is 7.76. The Bertz CT molecular complexity index is 814. The van der Waals surface area contributed by atoms with Gasteiger partial charge in [0.1, 0.15) is 24.3 Å². The first-order valence-electron chi connectivity index (χ1n) is 9.31. The molecule has 2 aromatic carbocycles. The van der Waals surface area contributed by atoms with Crippen LogP contribution in [0.2, 0.25) is 0 Å². The van der Waals surface area contributed by atoms with Crippen LogP contribution >= 0.6 is 0 Å². The van der Waals surface area contributed by atoms with E-state index < -0.39 is 0 Å². The lowest BCUT2D eigenvalue weighted by molar-refractivity contribution is 0.266. The highest BCUT2D eigenvalue weighted by Gasteiger charge is 2.33. The van der Waals surface area contributed by atoms with Gasteiger partial charge in [0.25, 0.3) is 12.0 Å². The van der Waals surface area contributed by atoms with Crippen LogP contribution in [-0.4, -0.2) is 25.3 Å². The summed E-state index contributed by atoms with van der Waals surface area (Å²) >= 11 is 0.